The van der Waals surface area contributed by atoms with Gasteiger partial charge in [-0.1, -0.05) is 47.5 Å². The predicted molar refractivity (Wildman–Crippen MR) is 105 cm³/mol. The molecular formula is C21H24ClFN2O2. The van der Waals surface area contributed by atoms with Crippen molar-refractivity contribution in [3.8, 4) is 0 Å². The van der Waals surface area contributed by atoms with E-state index >= 15 is 0 Å². The van der Waals surface area contributed by atoms with E-state index in [0.717, 1.165) is 11.1 Å². The second kappa shape index (κ2) is 9.51. The molecule has 1 N–H and O–H groups in total. The molecule has 0 spiro atoms. The maximum absolute atomic E-state index is 14.1. The van der Waals surface area contributed by atoms with Crippen LogP contribution in [0.5, 0.6) is 0 Å². The second-order valence-electron chi connectivity index (χ2n) is 6.45. The van der Waals surface area contributed by atoms with Crippen LogP contribution in [0.1, 0.15) is 30.5 Å². The van der Waals surface area contributed by atoms with Crippen LogP contribution >= 0.6 is 11.6 Å². The number of halogens is 2. The Morgan fingerprint density at radius 2 is 1.85 bits per heavy atom. The summed E-state index contributed by atoms with van der Waals surface area (Å²) in [6.45, 7) is 6.18. The Labute approximate surface area is 164 Å². The second-order valence-corrected chi connectivity index (χ2v) is 6.86. The lowest BCUT2D eigenvalue weighted by Crippen LogP contribution is -2.48. The first-order valence-electron chi connectivity index (χ1n) is 8.89. The number of rotatable bonds is 7. The molecule has 144 valence electrons. The number of nitrogens with zero attached hydrogens (tertiary/aromatic N) is 1. The summed E-state index contributed by atoms with van der Waals surface area (Å²) in [4.78, 5) is 26.7. The van der Waals surface area contributed by atoms with Gasteiger partial charge in [0.05, 0.1) is 6.42 Å². The van der Waals surface area contributed by atoms with Gasteiger partial charge in [0.25, 0.3) is 0 Å². The van der Waals surface area contributed by atoms with Crippen molar-refractivity contribution >= 4 is 23.4 Å². The summed E-state index contributed by atoms with van der Waals surface area (Å²) >= 11 is 6.06. The third-order valence-electron chi connectivity index (χ3n) is 4.38. The van der Waals surface area contributed by atoms with Crippen LogP contribution in [0.15, 0.2) is 42.5 Å². The number of amides is 2. The molecule has 2 aromatic carbocycles. The molecule has 0 radical (unpaired) electrons. The van der Waals surface area contributed by atoms with E-state index in [4.69, 9.17) is 11.6 Å². The topological polar surface area (TPSA) is 49.4 Å². The van der Waals surface area contributed by atoms with Crippen LogP contribution in [-0.2, 0) is 22.6 Å². The first kappa shape index (κ1) is 20.9. The Kier molecular flexibility index (Phi) is 7.36. The minimum absolute atomic E-state index is 0.140. The quantitative estimate of drug-likeness (QED) is 0.779. The molecule has 0 heterocycles. The van der Waals surface area contributed by atoms with Crippen molar-refractivity contribution in [3.63, 3.8) is 0 Å². The summed E-state index contributed by atoms with van der Waals surface area (Å²) in [7, 11) is 0. The number of benzene rings is 2. The summed E-state index contributed by atoms with van der Waals surface area (Å²) in [6.07, 6.45) is -0.207. The standard InChI is InChI=1S/C21H24ClFN2O2/c1-4-24-21(27)15(3)25(13-16-10-8-14(2)9-11-16)20(26)12-17-18(22)6-5-7-19(17)23/h5-11,15H,4,12-13H2,1-3H3,(H,24,27)/t15-/m0/s1. The molecule has 0 aliphatic carbocycles. The van der Waals surface area contributed by atoms with Crippen LogP contribution in [0.3, 0.4) is 0 Å². The fraction of sp³-hybridized carbons (Fsp3) is 0.333. The molecule has 0 bridgehead atoms. The summed E-state index contributed by atoms with van der Waals surface area (Å²) in [6, 6.07) is 11.3. The van der Waals surface area contributed by atoms with Gasteiger partial charge in [0, 0.05) is 23.7 Å². The van der Waals surface area contributed by atoms with E-state index in [1.54, 1.807) is 13.0 Å². The highest BCUT2D eigenvalue weighted by molar-refractivity contribution is 6.31. The van der Waals surface area contributed by atoms with Crippen LogP contribution in [-0.4, -0.2) is 29.3 Å². The first-order chi connectivity index (χ1) is 12.8. The van der Waals surface area contributed by atoms with Crippen molar-refractivity contribution < 1.29 is 14.0 Å². The van der Waals surface area contributed by atoms with E-state index in [1.807, 2.05) is 38.1 Å². The van der Waals surface area contributed by atoms with Crippen molar-refractivity contribution in [1.29, 1.82) is 0 Å². The number of carbonyl (C=O) groups excluding carboxylic acids is 2. The fourth-order valence-corrected chi connectivity index (χ4v) is 2.98. The van der Waals surface area contributed by atoms with Crippen molar-refractivity contribution in [2.24, 2.45) is 0 Å². The third-order valence-corrected chi connectivity index (χ3v) is 4.74. The molecule has 1 atom stereocenters. The van der Waals surface area contributed by atoms with Gasteiger partial charge in [-0.05, 0) is 38.5 Å². The highest BCUT2D eigenvalue weighted by atomic mass is 35.5. The average Bonchev–Trinajstić information content (AvgIpc) is 2.64. The average molecular weight is 391 g/mol. The van der Waals surface area contributed by atoms with Gasteiger partial charge in [0.2, 0.25) is 11.8 Å². The molecule has 2 rings (SSSR count). The van der Waals surface area contributed by atoms with Gasteiger partial charge < -0.3 is 10.2 Å². The normalized spacial score (nSPS) is 11.7. The van der Waals surface area contributed by atoms with Gasteiger partial charge in [-0.2, -0.15) is 0 Å². The van der Waals surface area contributed by atoms with E-state index in [-0.39, 0.29) is 35.4 Å². The van der Waals surface area contributed by atoms with E-state index in [1.165, 1.54) is 17.0 Å². The molecule has 0 saturated heterocycles. The van der Waals surface area contributed by atoms with Crippen molar-refractivity contribution in [3.05, 3.63) is 70.0 Å². The van der Waals surface area contributed by atoms with Gasteiger partial charge in [-0.25, -0.2) is 4.39 Å². The lowest BCUT2D eigenvalue weighted by atomic mass is 10.1. The van der Waals surface area contributed by atoms with Crippen LogP contribution in [0, 0.1) is 12.7 Å². The summed E-state index contributed by atoms with van der Waals surface area (Å²) in [5.41, 5.74) is 2.14. The van der Waals surface area contributed by atoms with Crippen LogP contribution < -0.4 is 5.32 Å². The lowest BCUT2D eigenvalue weighted by Gasteiger charge is -2.29. The minimum Gasteiger partial charge on any atom is -0.355 e. The Bertz CT molecular complexity index is 788. The Morgan fingerprint density at radius 3 is 2.44 bits per heavy atom. The molecule has 0 aliphatic rings. The molecule has 0 unspecified atom stereocenters. The molecule has 0 aliphatic heterocycles. The van der Waals surface area contributed by atoms with Crippen LogP contribution in [0.25, 0.3) is 0 Å². The van der Waals surface area contributed by atoms with Crippen molar-refractivity contribution in [1.82, 2.24) is 10.2 Å². The van der Waals surface area contributed by atoms with Gasteiger partial charge in [0.15, 0.2) is 0 Å². The number of hydrogen-bond acceptors (Lipinski definition) is 2. The maximum Gasteiger partial charge on any atom is 0.242 e. The largest absolute Gasteiger partial charge is 0.355 e. The molecular weight excluding hydrogens is 367 g/mol. The van der Waals surface area contributed by atoms with Crippen molar-refractivity contribution in [2.75, 3.05) is 6.54 Å². The SMILES string of the molecule is CCNC(=O)[C@H](C)N(Cc1ccc(C)cc1)C(=O)Cc1c(F)cccc1Cl. The minimum atomic E-state index is -0.690. The van der Waals surface area contributed by atoms with Gasteiger partial charge >= 0.3 is 0 Å². The predicted octanol–water partition coefficient (Wildman–Crippen LogP) is 3.88. The van der Waals surface area contributed by atoms with E-state index in [2.05, 4.69) is 5.32 Å². The highest BCUT2D eigenvalue weighted by Gasteiger charge is 2.27. The fourth-order valence-electron chi connectivity index (χ4n) is 2.75. The monoisotopic (exact) mass is 390 g/mol. The van der Waals surface area contributed by atoms with Gasteiger partial charge in [-0.3, -0.25) is 9.59 Å². The molecule has 0 saturated carbocycles. The first-order valence-corrected chi connectivity index (χ1v) is 9.26. The molecule has 6 heteroatoms. The number of nitrogens with one attached hydrogen (secondary N) is 1. The van der Waals surface area contributed by atoms with Gasteiger partial charge in [0.1, 0.15) is 11.9 Å². The number of aryl methyl sites for hydroxylation is 1. The van der Waals surface area contributed by atoms with Gasteiger partial charge in [-0.15, -0.1) is 0 Å². The summed E-state index contributed by atoms with van der Waals surface area (Å²) in [5, 5.41) is 2.93. The third kappa shape index (κ3) is 5.54. The van der Waals surface area contributed by atoms with E-state index < -0.39 is 11.9 Å². The molecule has 27 heavy (non-hydrogen) atoms. The Balaban J connectivity index is 2.28. The lowest BCUT2D eigenvalue weighted by molar-refractivity contribution is -0.140. The zero-order valence-corrected chi connectivity index (χ0v) is 16.5. The Hall–Kier alpha value is -2.40. The molecule has 2 aromatic rings. The smallest absolute Gasteiger partial charge is 0.242 e. The van der Waals surface area contributed by atoms with E-state index in [0.29, 0.717) is 6.54 Å². The Morgan fingerprint density at radius 1 is 1.19 bits per heavy atom. The van der Waals surface area contributed by atoms with Crippen molar-refractivity contribution in [2.45, 2.75) is 39.8 Å². The molecule has 2 amide bonds. The molecule has 0 fully saturated rings. The maximum atomic E-state index is 14.1. The number of hydrogen-bond donors (Lipinski definition) is 1. The summed E-state index contributed by atoms with van der Waals surface area (Å²) in [5.74, 6) is -1.14. The molecule has 0 aromatic heterocycles. The highest BCUT2D eigenvalue weighted by Crippen LogP contribution is 2.21. The number of likely N-dealkylation sites (N-methyl/N-ethyl adjacent to an activating group) is 1. The number of carbonyl (C=O) groups is 2. The van der Waals surface area contributed by atoms with Crippen LogP contribution in [0.4, 0.5) is 4.39 Å². The zero-order valence-electron chi connectivity index (χ0n) is 15.8. The zero-order chi connectivity index (χ0) is 20.0. The molecule has 4 nitrogen and oxygen atoms in total. The van der Waals surface area contributed by atoms with Crippen LogP contribution in [0.2, 0.25) is 5.02 Å². The summed E-state index contributed by atoms with van der Waals surface area (Å²) < 4.78 is 14.1. The van der Waals surface area contributed by atoms with E-state index in [9.17, 15) is 14.0 Å².